The number of hydrogen-bond donors (Lipinski definition) is 1. The quantitative estimate of drug-likeness (QED) is 0.847. The molecule has 1 N–H and O–H groups in total. The summed E-state index contributed by atoms with van der Waals surface area (Å²) in [6.45, 7) is 4.53. The minimum Gasteiger partial charge on any atom is -0.370 e. The Labute approximate surface area is 102 Å². The summed E-state index contributed by atoms with van der Waals surface area (Å²) in [5.74, 6) is -0.785. The molecule has 0 radical (unpaired) electrons. The summed E-state index contributed by atoms with van der Waals surface area (Å²) in [4.78, 5) is 6.52. The molecular weight excluding hydrogens is 255 g/mol. The van der Waals surface area contributed by atoms with E-state index in [4.69, 9.17) is 11.6 Å². The van der Waals surface area contributed by atoms with Gasteiger partial charge in [0.25, 0.3) is 0 Å². The van der Waals surface area contributed by atoms with Crippen molar-refractivity contribution >= 4 is 17.4 Å². The van der Waals surface area contributed by atoms with Gasteiger partial charge in [-0.05, 0) is 5.92 Å². The van der Waals surface area contributed by atoms with Crippen LogP contribution >= 0.6 is 11.6 Å². The van der Waals surface area contributed by atoms with Gasteiger partial charge in [0.1, 0.15) is 11.0 Å². The van der Waals surface area contributed by atoms with Crippen molar-refractivity contribution in [1.82, 2.24) is 9.97 Å². The van der Waals surface area contributed by atoms with E-state index in [1.165, 1.54) is 6.07 Å². The number of nitrogens with zero attached hydrogens (tertiary/aromatic N) is 2. The molecule has 1 atom stereocenters. The SMILES string of the molecule is CCC(C)CNc1cc(Cl)nc(C(F)(F)F)n1. The minimum absolute atomic E-state index is 0.0950. The zero-order valence-electron chi connectivity index (χ0n) is 9.48. The molecule has 0 amide bonds. The van der Waals surface area contributed by atoms with Crippen LogP contribution in [0.2, 0.25) is 5.15 Å². The Morgan fingerprint density at radius 3 is 2.59 bits per heavy atom. The van der Waals surface area contributed by atoms with Crippen LogP contribution in [-0.2, 0) is 6.18 Å². The van der Waals surface area contributed by atoms with E-state index < -0.39 is 12.0 Å². The predicted molar refractivity (Wildman–Crippen MR) is 60.0 cm³/mol. The average molecular weight is 268 g/mol. The van der Waals surface area contributed by atoms with Crippen molar-refractivity contribution in [2.75, 3.05) is 11.9 Å². The molecule has 96 valence electrons. The topological polar surface area (TPSA) is 37.8 Å². The zero-order valence-corrected chi connectivity index (χ0v) is 10.2. The van der Waals surface area contributed by atoms with Crippen molar-refractivity contribution in [2.45, 2.75) is 26.4 Å². The van der Waals surface area contributed by atoms with Crippen LogP contribution in [0, 0.1) is 5.92 Å². The first-order valence-electron chi connectivity index (χ1n) is 5.18. The third-order valence-electron chi connectivity index (χ3n) is 2.28. The molecule has 0 fully saturated rings. The maximum atomic E-state index is 12.4. The van der Waals surface area contributed by atoms with Gasteiger partial charge < -0.3 is 5.32 Å². The third-order valence-corrected chi connectivity index (χ3v) is 2.47. The fourth-order valence-electron chi connectivity index (χ4n) is 1.06. The van der Waals surface area contributed by atoms with Gasteiger partial charge in [-0.3, -0.25) is 0 Å². The lowest BCUT2D eigenvalue weighted by molar-refractivity contribution is -0.144. The molecule has 7 heteroatoms. The van der Waals surface area contributed by atoms with Gasteiger partial charge in [0.05, 0.1) is 0 Å². The highest BCUT2D eigenvalue weighted by Gasteiger charge is 2.35. The highest BCUT2D eigenvalue weighted by molar-refractivity contribution is 6.29. The summed E-state index contributed by atoms with van der Waals surface area (Å²) in [6, 6.07) is 1.28. The molecule has 1 unspecified atom stereocenters. The standard InChI is InChI=1S/C10H13ClF3N3/c1-3-6(2)5-15-8-4-7(11)16-9(17-8)10(12,13)14/h4,6H,3,5H2,1-2H3,(H,15,16,17). The molecule has 0 aromatic carbocycles. The lowest BCUT2D eigenvalue weighted by Gasteiger charge is -2.12. The third kappa shape index (κ3) is 4.38. The van der Waals surface area contributed by atoms with Crippen molar-refractivity contribution in [3.05, 3.63) is 17.0 Å². The monoisotopic (exact) mass is 267 g/mol. The molecular formula is C10H13ClF3N3. The average Bonchev–Trinajstić information content (AvgIpc) is 2.24. The normalized spacial score (nSPS) is 13.5. The van der Waals surface area contributed by atoms with Gasteiger partial charge >= 0.3 is 6.18 Å². The van der Waals surface area contributed by atoms with Crippen molar-refractivity contribution < 1.29 is 13.2 Å². The maximum absolute atomic E-state index is 12.4. The van der Waals surface area contributed by atoms with E-state index in [2.05, 4.69) is 15.3 Å². The fourth-order valence-corrected chi connectivity index (χ4v) is 1.24. The Morgan fingerprint density at radius 1 is 1.41 bits per heavy atom. The zero-order chi connectivity index (χ0) is 13.1. The molecule has 17 heavy (non-hydrogen) atoms. The van der Waals surface area contributed by atoms with Crippen LogP contribution in [-0.4, -0.2) is 16.5 Å². The van der Waals surface area contributed by atoms with E-state index in [-0.39, 0.29) is 11.0 Å². The van der Waals surface area contributed by atoms with Crippen LogP contribution in [0.1, 0.15) is 26.1 Å². The lowest BCUT2D eigenvalue weighted by Crippen LogP contribution is -2.15. The second-order valence-electron chi connectivity index (χ2n) is 3.79. The first-order valence-corrected chi connectivity index (χ1v) is 5.56. The number of alkyl halides is 3. The highest BCUT2D eigenvalue weighted by atomic mass is 35.5. The molecule has 0 saturated heterocycles. The molecule has 0 bridgehead atoms. The Morgan fingerprint density at radius 2 is 2.06 bits per heavy atom. The number of anilines is 1. The van der Waals surface area contributed by atoms with E-state index in [0.717, 1.165) is 6.42 Å². The first kappa shape index (κ1) is 14.0. The van der Waals surface area contributed by atoms with Crippen LogP contribution < -0.4 is 5.32 Å². The molecule has 1 aromatic rings. The van der Waals surface area contributed by atoms with Crippen LogP contribution in [0.3, 0.4) is 0 Å². The fraction of sp³-hybridized carbons (Fsp3) is 0.600. The minimum atomic E-state index is -4.59. The molecule has 0 aliphatic heterocycles. The summed E-state index contributed by atoms with van der Waals surface area (Å²) >= 11 is 5.51. The van der Waals surface area contributed by atoms with Crippen molar-refractivity contribution in [3.63, 3.8) is 0 Å². The molecule has 0 aliphatic carbocycles. The second kappa shape index (κ2) is 5.53. The number of rotatable bonds is 4. The number of nitrogens with one attached hydrogen (secondary N) is 1. The second-order valence-corrected chi connectivity index (χ2v) is 4.18. The smallest absolute Gasteiger partial charge is 0.370 e. The Balaban J connectivity index is 2.83. The van der Waals surface area contributed by atoms with Gasteiger partial charge in [-0.15, -0.1) is 0 Å². The maximum Gasteiger partial charge on any atom is 0.451 e. The van der Waals surface area contributed by atoms with Gasteiger partial charge in [0, 0.05) is 12.6 Å². The number of halogens is 4. The largest absolute Gasteiger partial charge is 0.451 e. The summed E-state index contributed by atoms with van der Waals surface area (Å²) in [5.41, 5.74) is 0. The van der Waals surface area contributed by atoms with Gasteiger partial charge in [-0.25, -0.2) is 9.97 Å². The lowest BCUT2D eigenvalue weighted by atomic mass is 10.1. The van der Waals surface area contributed by atoms with E-state index >= 15 is 0 Å². The number of aromatic nitrogens is 2. The van der Waals surface area contributed by atoms with Crippen molar-refractivity contribution in [2.24, 2.45) is 5.92 Å². The molecule has 0 spiro atoms. The van der Waals surface area contributed by atoms with Gasteiger partial charge in [-0.1, -0.05) is 31.9 Å². The Kier molecular flexibility index (Phi) is 4.56. The molecule has 1 rings (SSSR count). The highest BCUT2D eigenvalue weighted by Crippen LogP contribution is 2.28. The molecule has 1 aromatic heterocycles. The van der Waals surface area contributed by atoms with Crippen LogP contribution in [0.4, 0.5) is 19.0 Å². The van der Waals surface area contributed by atoms with E-state index in [1.807, 2.05) is 13.8 Å². The van der Waals surface area contributed by atoms with Gasteiger partial charge in [-0.2, -0.15) is 13.2 Å². The molecule has 0 saturated carbocycles. The predicted octanol–water partition coefficient (Wildman–Crippen LogP) is 3.61. The Bertz CT molecular complexity index is 382. The summed E-state index contributed by atoms with van der Waals surface area (Å²) in [7, 11) is 0. The molecule has 3 nitrogen and oxygen atoms in total. The summed E-state index contributed by atoms with van der Waals surface area (Å²) in [5, 5.41) is 2.59. The van der Waals surface area contributed by atoms with Gasteiger partial charge in [0.2, 0.25) is 5.82 Å². The van der Waals surface area contributed by atoms with Crippen LogP contribution in [0.25, 0.3) is 0 Å². The van der Waals surface area contributed by atoms with Crippen molar-refractivity contribution in [3.8, 4) is 0 Å². The summed E-state index contributed by atoms with van der Waals surface area (Å²) < 4.78 is 37.2. The van der Waals surface area contributed by atoms with Crippen molar-refractivity contribution in [1.29, 1.82) is 0 Å². The molecule has 1 heterocycles. The van der Waals surface area contributed by atoms with E-state index in [9.17, 15) is 13.2 Å². The Hall–Kier alpha value is -1.04. The molecule has 0 aliphatic rings. The van der Waals surface area contributed by atoms with E-state index in [0.29, 0.717) is 12.5 Å². The first-order chi connectivity index (χ1) is 7.82. The number of hydrogen-bond acceptors (Lipinski definition) is 3. The van der Waals surface area contributed by atoms with Gasteiger partial charge in [0.15, 0.2) is 0 Å². The van der Waals surface area contributed by atoms with Crippen LogP contribution in [0.15, 0.2) is 6.07 Å². The van der Waals surface area contributed by atoms with E-state index in [1.54, 1.807) is 0 Å². The summed E-state index contributed by atoms with van der Waals surface area (Å²) in [6.07, 6.45) is -3.66. The van der Waals surface area contributed by atoms with Crippen LogP contribution in [0.5, 0.6) is 0 Å².